The number of nitrogens with one attached hydrogen (secondary N) is 1. The van der Waals surface area contributed by atoms with Gasteiger partial charge in [0, 0.05) is 12.6 Å². The SMILES string of the molecule is CC(C)CNC(CN)c1ccc(O)cc1. The molecule has 1 aromatic rings. The van der Waals surface area contributed by atoms with Gasteiger partial charge in [-0.2, -0.15) is 0 Å². The Bertz CT molecular complexity index is 282. The second kappa shape index (κ2) is 5.73. The summed E-state index contributed by atoms with van der Waals surface area (Å²) in [6.45, 7) is 5.84. The Balaban J connectivity index is 2.61. The van der Waals surface area contributed by atoms with Crippen molar-refractivity contribution < 1.29 is 5.11 Å². The van der Waals surface area contributed by atoms with E-state index in [4.69, 9.17) is 5.73 Å². The van der Waals surface area contributed by atoms with Crippen LogP contribution < -0.4 is 11.1 Å². The van der Waals surface area contributed by atoms with Gasteiger partial charge in [0.25, 0.3) is 0 Å². The van der Waals surface area contributed by atoms with Crippen molar-refractivity contribution in [2.45, 2.75) is 19.9 Å². The lowest BCUT2D eigenvalue weighted by molar-refractivity contribution is 0.468. The van der Waals surface area contributed by atoms with Crippen LogP contribution in [-0.2, 0) is 0 Å². The Morgan fingerprint density at radius 2 is 1.87 bits per heavy atom. The molecule has 0 radical (unpaired) electrons. The Morgan fingerprint density at radius 1 is 1.27 bits per heavy atom. The average Bonchev–Trinajstić information content (AvgIpc) is 2.21. The topological polar surface area (TPSA) is 58.3 Å². The molecule has 15 heavy (non-hydrogen) atoms. The fourth-order valence-electron chi connectivity index (χ4n) is 1.42. The molecular weight excluding hydrogens is 188 g/mol. The molecule has 0 aliphatic carbocycles. The van der Waals surface area contributed by atoms with Gasteiger partial charge in [-0.25, -0.2) is 0 Å². The van der Waals surface area contributed by atoms with E-state index in [0.717, 1.165) is 12.1 Å². The molecule has 0 saturated carbocycles. The van der Waals surface area contributed by atoms with E-state index in [1.807, 2.05) is 12.1 Å². The third-order valence-electron chi connectivity index (χ3n) is 2.30. The zero-order valence-corrected chi connectivity index (χ0v) is 9.40. The molecule has 0 fully saturated rings. The lowest BCUT2D eigenvalue weighted by Gasteiger charge is -2.18. The number of nitrogens with two attached hydrogens (primary N) is 1. The van der Waals surface area contributed by atoms with Gasteiger partial charge in [-0.3, -0.25) is 0 Å². The summed E-state index contributed by atoms with van der Waals surface area (Å²) in [6, 6.07) is 7.36. The molecule has 0 heterocycles. The van der Waals surface area contributed by atoms with Gasteiger partial charge in [-0.15, -0.1) is 0 Å². The van der Waals surface area contributed by atoms with E-state index in [1.165, 1.54) is 0 Å². The maximum Gasteiger partial charge on any atom is 0.115 e. The first-order valence-corrected chi connectivity index (χ1v) is 5.36. The van der Waals surface area contributed by atoms with Gasteiger partial charge in [0.05, 0.1) is 0 Å². The summed E-state index contributed by atoms with van der Waals surface area (Å²) in [7, 11) is 0. The molecule has 4 N–H and O–H groups in total. The predicted octanol–water partition coefficient (Wildman–Crippen LogP) is 1.64. The highest BCUT2D eigenvalue weighted by Crippen LogP contribution is 2.16. The molecule has 0 bridgehead atoms. The molecule has 1 atom stereocenters. The number of rotatable bonds is 5. The fourth-order valence-corrected chi connectivity index (χ4v) is 1.42. The van der Waals surface area contributed by atoms with Crippen LogP contribution >= 0.6 is 0 Å². The summed E-state index contributed by atoms with van der Waals surface area (Å²) in [5.41, 5.74) is 6.83. The summed E-state index contributed by atoms with van der Waals surface area (Å²) in [5, 5.41) is 12.6. The summed E-state index contributed by atoms with van der Waals surface area (Å²) < 4.78 is 0. The monoisotopic (exact) mass is 208 g/mol. The van der Waals surface area contributed by atoms with E-state index in [-0.39, 0.29) is 6.04 Å². The van der Waals surface area contributed by atoms with Gasteiger partial charge >= 0.3 is 0 Å². The van der Waals surface area contributed by atoms with Crippen molar-refractivity contribution in [3.63, 3.8) is 0 Å². The molecule has 0 aliphatic heterocycles. The van der Waals surface area contributed by atoms with E-state index in [9.17, 15) is 5.11 Å². The summed E-state index contributed by atoms with van der Waals surface area (Å²) in [5.74, 6) is 0.898. The normalized spacial score (nSPS) is 13.1. The van der Waals surface area contributed by atoms with Crippen molar-refractivity contribution in [3.05, 3.63) is 29.8 Å². The number of hydrogen-bond donors (Lipinski definition) is 3. The maximum atomic E-state index is 9.18. The van der Waals surface area contributed by atoms with Crippen LogP contribution in [0.4, 0.5) is 0 Å². The minimum atomic E-state index is 0.174. The van der Waals surface area contributed by atoms with E-state index in [2.05, 4.69) is 19.2 Å². The first kappa shape index (κ1) is 12.0. The Kier molecular flexibility index (Phi) is 4.59. The number of phenols is 1. The number of phenolic OH excluding ortho intramolecular Hbond substituents is 1. The van der Waals surface area contributed by atoms with Crippen molar-refractivity contribution in [2.75, 3.05) is 13.1 Å². The van der Waals surface area contributed by atoms with Crippen molar-refractivity contribution in [1.29, 1.82) is 0 Å². The minimum absolute atomic E-state index is 0.174. The molecule has 0 spiro atoms. The lowest BCUT2D eigenvalue weighted by atomic mass is 10.1. The van der Waals surface area contributed by atoms with Crippen LogP contribution in [0.2, 0.25) is 0 Å². The quantitative estimate of drug-likeness (QED) is 0.689. The van der Waals surface area contributed by atoms with Gasteiger partial charge in [-0.1, -0.05) is 26.0 Å². The Hall–Kier alpha value is -1.06. The summed E-state index contributed by atoms with van der Waals surface area (Å²) in [4.78, 5) is 0. The summed E-state index contributed by atoms with van der Waals surface area (Å²) >= 11 is 0. The van der Waals surface area contributed by atoms with E-state index in [0.29, 0.717) is 18.2 Å². The molecule has 3 nitrogen and oxygen atoms in total. The van der Waals surface area contributed by atoms with Gasteiger partial charge in [0.15, 0.2) is 0 Å². The van der Waals surface area contributed by atoms with Crippen LogP contribution in [0.3, 0.4) is 0 Å². The van der Waals surface area contributed by atoms with E-state index >= 15 is 0 Å². The zero-order chi connectivity index (χ0) is 11.3. The number of aromatic hydroxyl groups is 1. The molecule has 1 unspecified atom stereocenters. The molecule has 0 amide bonds. The maximum absolute atomic E-state index is 9.18. The van der Waals surface area contributed by atoms with Gasteiger partial charge in [0.1, 0.15) is 5.75 Å². The molecule has 84 valence electrons. The third-order valence-corrected chi connectivity index (χ3v) is 2.30. The molecule has 0 aliphatic rings. The largest absolute Gasteiger partial charge is 0.508 e. The van der Waals surface area contributed by atoms with E-state index < -0.39 is 0 Å². The minimum Gasteiger partial charge on any atom is -0.508 e. The zero-order valence-electron chi connectivity index (χ0n) is 9.40. The van der Waals surface area contributed by atoms with Gasteiger partial charge < -0.3 is 16.2 Å². The first-order valence-electron chi connectivity index (χ1n) is 5.36. The molecule has 3 heteroatoms. The highest BCUT2D eigenvalue weighted by Gasteiger charge is 2.08. The standard InChI is InChI=1S/C12H20N2O/c1-9(2)8-14-12(7-13)10-3-5-11(15)6-4-10/h3-6,9,12,14-15H,7-8,13H2,1-2H3. The lowest BCUT2D eigenvalue weighted by Crippen LogP contribution is -2.30. The predicted molar refractivity (Wildman–Crippen MR) is 62.7 cm³/mol. The van der Waals surface area contributed by atoms with Crippen LogP contribution in [-0.4, -0.2) is 18.2 Å². The van der Waals surface area contributed by atoms with Gasteiger partial charge in [0.2, 0.25) is 0 Å². The van der Waals surface area contributed by atoms with E-state index in [1.54, 1.807) is 12.1 Å². The van der Waals surface area contributed by atoms with Crippen molar-refractivity contribution in [3.8, 4) is 5.75 Å². The van der Waals surface area contributed by atoms with Crippen LogP contribution in [0.15, 0.2) is 24.3 Å². The van der Waals surface area contributed by atoms with Crippen LogP contribution in [0.25, 0.3) is 0 Å². The molecular formula is C12H20N2O. The fraction of sp³-hybridized carbons (Fsp3) is 0.500. The van der Waals surface area contributed by atoms with Crippen LogP contribution in [0, 0.1) is 5.92 Å². The molecule has 0 aromatic heterocycles. The Labute approximate surface area is 91.3 Å². The highest BCUT2D eigenvalue weighted by molar-refractivity contribution is 5.28. The summed E-state index contributed by atoms with van der Waals surface area (Å²) in [6.07, 6.45) is 0. The second-order valence-electron chi connectivity index (χ2n) is 4.18. The van der Waals surface area contributed by atoms with Gasteiger partial charge in [-0.05, 0) is 30.2 Å². The molecule has 1 aromatic carbocycles. The average molecular weight is 208 g/mol. The molecule has 1 rings (SSSR count). The van der Waals surface area contributed by atoms with Crippen molar-refractivity contribution in [2.24, 2.45) is 11.7 Å². The van der Waals surface area contributed by atoms with Crippen molar-refractivity contribution >= 4 is 0 Å². The Morgan fingerprint density at radius 3 is 2.33 bits per heavy atom. The number of benzene rings is 1. The third kappa shape index (κ3) is 3.90. The van der Waals surface area contributed by atoms with Crippen molar-refractivity contribution in [1.82, 2.24) is 5.32 Å². The highest BCUT2D eigenvalue weighted by atomic mass is 16.3. The van der Waals surface area contributed by atoms with Crippen LogP contribution in [0.1, 0.15) is 25.5 Å². The number of hydrogen-bond acceptors (Lipinski definition) is 3. The molecule has 0 saturated heterocycles. The smallest absolute Gasteiger partial charge is 0.115 e. The van der Waals surface area contributed by atoms with Crippen LogP contribution in [0.5, 0.6) is 5.75 Å². The second-order valence-corrected chi connectivity index (χ2v) is 4.18. The first-order chi connectivity index (χ1) is 7.13.